The summed E-state index contributed by atoms with van der Waals surface area (Å²) in [6.07, 6.45) is 1.84. The predicted octanol–water partition coefficient (Wildman–Crippen LogP) is 2.15. The first-order valence-electron chi connectivity index (χ1n) is 6.54. The lowest BCUT2D eigenvalue weighted by atomic mass is 10.1. The van der Waals surface area contributed by atoms with E-state index in [0.717, 1.165) is 19.4 Å². The third-order valence-electron chi connectivity index (χ3n) is 3.25. The maximum absolute atomic E-state index is 12.0. The number of anilines is 1. The normalized spacial score (nSPS) is 17.0. The Labute approximate surface area is 135 Å². The zero-order valence-corrected chi connectivity index (χ0v) is 13.6. The molecule has 1 aromatic rings. The van der Waals surface area contributed by atoms with Gasteiger partial charge in [0.2, 0.25) is 5.91 Å². The van der Waals surface area contributed by atoms with Gasteiger partial charge in [0, 0.05) is 19.8 Å². The summed E-state index contributed by atoms with van der Waals surface area (Å²) in [7, 11) is 3.32. The minimum absolute atomic E-state index is 0. The molecule has 0 spiro atoms. The number of carbonyl (C=O) groups excluding carboxylic acids is 2. The van der Waals surface area contributed by atoms with Crippen LogP contribution in [0.5, 0.6) is 0 Å². The topological polar surface area (TPSA) is 61.4 Å². The van der Waals surface area contributed by atoms with E-state index in [4.69, 9.17) is 11.6 Å². The third kappa shape index (κ3) is 4.33. The zero-order chi connectivity index (χ0) is 14.7. The summed E-state index contributed by atoms with van der Waals surface area (Å²) in [6.45, 7) is 0.864. The molecule has 0 radical (unpaired) electrons. The molecule has 1 saturated heterocycles. The van der Waals surface area contributed by atoms with Gasteiger partial charge in [-0.1, -0.05) is 11.6 Å². The van der Waals surface area contributed by atoms with Crippen LogP contribution in [0.3, 0.4) is 0 Å². The summed E-state index contributed by atoms with van der Waals surface area (Å²) in [5.74, 6) is -0.266. The van der Waals surface area contributed by atoms with Gasteiger partial charge in [-0.05, 0) is 37.6 Å². The SMILES string of the molecule is CN(C)C(=O)c1cc(NC(=O)C2CCCN2)ccc1Cl.Cl. The van der Waals surface area contributed by atoms with Gasteiger partial charge in [0.1, 0.15) is 0 Å². The van der Waals surface area contributed by atoms with Crippen molar-refractivity contribution in [1.82, 2.24) is 10.2 Å². The fourth-order valence-electron chi connectivity index (χ4n) is 2.15. The number of hydrogen-bond donors (Lipinski definition) is 2. The second-order valence-electron chi connectivity index (χ2n) is 5.03. The molecule has 1 unspecified atom stereocenters. The molecule has 21 heavy (non-hydrogen) atoms. The van der Waals surface area contributed by atoms with Crippen LogP contribution in [0, 0.1) is 0 Å². The fraction of sp³-hybridized carbons (Fsp3) is 0.429. The number of hydrogen-bond acceptors (Lipinski definition) is 3. The predicted molar refractivity (Wildman–Crippen MR) is 86.4 cm³/mol. The molecular formula is C14H19Cl2N3O2. The van der Waals surface area contributed by atoms with Crippen LogP contribution < -0.4 is 10.6 Å². The van der Waals surface area contributed by atoms with Crippen molar-refractivity contribution in [2.45, 2.75) is 18.9 Å². The average Bonchev–Trinajstić information content (AvgIpc) is 2.94. The second-order valence-corrected chi connectivity index (χ2v) is 5.44. The maximum atomic E-state index is 12.0. The first-order chi connectivity index (χ1) is 9.49. The molecular weight excluding hydrogens is 313 g/mol. The highest BCUT2D eigenvalue weighted by Crippen LogP contribution is 2.22. The number of amides is 2. The number of halogens is 2. The molecule has 1 aliphatic heterocycles. The second kappa shape index (κ2) is 7.64. The van der Waals surface area contributed by atoms with Crippen LogP contribution in [-0.4, -0.2) is 43.4 Å². The summed E-state index contributed by atoms with van der Waals surface area (Å²) in [5, 5.41) is 6.32. The lowest BCUT2D eigenvalue weighted by Crippen LogP contribution is -2.35. The fourth-order valence-corrected chi connectivity index (χ4v) is 2.34. The Bertz CT molecular complexity index is 529. The van der Waals surface area contributed by atoms with Crippen molar-refractivity contribution in [2.24, 2.45) is 0 Å². The molecule has 0 saturated carbocycles. The first-order valence-corrected chi connectivity index (χ1v) is 6.92. The van der Waals surface area contributed by atoms with Crippen LogP contribution >= 0.6 is 24.0 Å². The van der Waals surface area contributed by atoms with Gasteiger partial charge in [-0.3, -0.25) is 9.59 Å². The highest BCUT2D eigenvalue weighted by Gasteiger charge is 2.22. The van der Waals surface area contributed by atoms with Crippen LogP contribution in [0.1, 0.15) is 23.2 Å². The van der Waals surface area contributed by atoms with E-state index in [1.165, 1.54) is 4.90 Å². The molecule has 1 heterocycles. The lowest BCUT2D eigenvalue weighted by molar-refractivity contribution is -0.117. The third-order valence-corrected chi connectivity index (χ3v) is 3.58. The van der Waals surface area contributed by atoms with Crippen LogP contribution in [0.25, 0.3) is 0 Å². The molecule has 0 aromatic heterocycles. The molecule has 116 valence electrons. The Morgan fingerprint density at radius 2 is 2.10 bits per heavy atom. The van der Waals surface area contributed by atoms with Gasteiger partial charge in [-0.25, -0.2) is 0 Å². The number of nitrogens with zero attached hydrogens (tertiary/aromatic N) is 1. The summed E-state index contributed by atoms with van der Waals surface area (Å²) in [4.78, 5) is 25.4. The molecule has 1 aliphatic rings. The minimum Gasteiger partial charge on any atom is -0.345 e. The van der Waals surface area contributed by atoms with Crippen LogP contribution in [0.4, 0.5) is 5.69 Å². The largest absolute Gasteiger partial charge is 0.345 e. The Kier molecular flexibility index (Phi) is 6.45. The van der Waals surface area contributed by atoms with Gasteiger partial charge in [0.25, 0.3) is 5.91 Å². The Hall–Kier alpha value is -1.30. The smallest absolute Gasteiger partial charge is 0.254 e. The molecule has 7 heteroatoms. The van der Waals surface area contributed by atoms with Crippen molar-refractivity contribution in [1.29, 1.82) is 0 Å². The van der Waals surface area contributed by atoms with E-state index in [9.17, 15) is 9.59 Å². The van der Waals surface area contributed by atoms with Crippen molar-refractivity contribution in [3.05, 3.63) is 28.8 Å². The summed E-state index contributed by atoms with van der Waals surface area (Å²) in [5.41, 5.74) is 0.965. The van der Waals surface area contributed by atoms with Crippen LogP contribution in [0.2, 0.25) is 5.02 Å². The summed E-state index contributed by atoms with van der Waals surface area (Å²) >= 11 is 6.03. The minimum atomic E-state index is -0.190. The highest BCUT2D eigenvalue weighted by atomic mass is 35.5. The van der Waals surface area contributed by atoms with Crippen molar-refractivity contribution < 1.29 is 9.59 Å². The van der Waals surface area contributed by atoms with E-state index in [1.54, 1.807) is 32.3 Å². The molecule has 0 aliphatic carbocycles. The van der Waals surface area contributed by atoms with Gasteiger partial charge in [-0.15, -0.1) is 12.4 Å². The van der Waals surface area contributed by atoms with E-state index < -0.39 is 0 Å². The molecule has 0 bridgehead atoms. The van der Waals surface area contributed by atoms with Gasteiger partial charge >= 0.3 is 0 Å². The summed E-state index contributed by atoms with van der Waals surface area (Å²) in [6, 6.07) is 4.77. The van der Waals surface area contributed by atoms with Crippen molar-refractivity contribution in [3.8, 4) is 0 Å². The van der Waals surface area contributed by atoms with Crippen molar-refractivity contribution in [2.75, 3.05) is 26.0 Å². The monoisotopic (exact) mass is 331 g/mol. The number of benzene rings is 1. The van der Waals surface area contributed by atoms with Gasteiger partial charge < -0.3 is 15.5 Å². The Morgan fingerprint density at radius 3 is 2.67 bits per heavy atom. The van der Waals surface area contributed by atoms with Gasteiger partial charge in [-0.2, -0.15) is 0 Å². The molecule has 2 N–H and O–H groups in total. The van der Waals surface area contributed by atoms with Gasteiger partial charge in [0.05, 0.1) is 16.6 Å². The standard InChI is InChI=1S/C14H18ClN3O2.ClH/c1-18(2)14(20)10-8-9(5-6-11(10)15)17-13(19)12-4-3-7-16-12;/h5-6,8,12,16H,3-4,7H2,1-2H3,(H,17,19);1H. The maximum Gasteiger partial charge on any atom is 0.254 e. The molecule has 2 rings (SSSR count). The zero-order valence-electron chi connectivity index (χ0n) is 12.0. The Balaban J connectivity index is 0.00000220. The quantitative estimate of drug-likeness (QED) is 0.892. The van der Waals surface area contributed by atoms with E-state index in [-0.39, 0.29) is 30.3 Å². The van der Waals surface area contributed by atoms with Crippen molar-refractivity contribution in [3.63, 3.8) is 0 Å². The number of nitrogens with one attached hydrogen (secondary N) is 2. The molecule has 2 amide bonds. The number of rotatable bonds is 3. The van der Waals surface area contributed by atoms with E-state index in [2.05, 4.69) is 10.6 Å². The van der Waals surface area contributed by atoms with E-state index in [1.807, 2.05) is 0 Å². The Morgan fingerprint density at radius 1 is 1.38 bits per heavy atom. The van der Waals surface area contributed by atoms with Crippen LogP contribution in [-0.2, 0) is 4.79 Å². The summed E-state index contributed by atoms with van der Waals surface area (Å²) < 4.78 is 0. The molecule has 1 aromatic carbocycles. The van der Waals surface area contributed by atoms with Crippen LogP contribution in [0.15, 0.2) is 18.2 Å². The van der Waals surface area contributed by atoms with Crippen molar-refractivity contribution >= 4 is 41.5 Å². The molecule has 1 fully saturated rings. The molecule has 5 nitrogen and oxygen atoms in total. The number of carbonyl (C=O) groups is 2. The van der Waals surface area contributed by atoms with Gasteiger partial charge in [0.15, 0.2) is 0 Å². The highest BCUT2D eigenvalue weighted by molar-refractivity contribution is 6.34. The first kappa shape index (κ1) is 17.8. The van der Waals surface area contributed by atoms with E-state index >= 15 is 0 Å². The van der Waals surface area contributed by atoms with E-state index in [0.29, 0.717) is 16.3 Å². The lowest BCUT2D eigenvalue weighted by Gasteiger charge is -2.14. The average molecular weight is 332 g/mol. The molecule has 1 atom stereocenters.